The number of hydrogen-bond donors (Lipinski definition) is 1. The number of rotatable bonds is 14. The smallest absolute Gasteiger partial charge is 0.343 e. The number of aryl methyl sites for hydroxylation is 1. The molecule has 32 heavy (non-hydrogen) atoms. The molecule has 0 heterocycles. The molecule has 0 saturated heterocycles. The van der Waals surface area contributed by atoms with Gasteiger partial charge in [0.2, 0.25) is 11.4 Å². The molecule has 1 N–H and O–H groups in total. The summed E-state index contributed by atoms with van der Waals surface area (Å²) in [7, 11) is -3.37. The third-order valence-electron chi connectivity index (χ3n) is 4.54. The summed E-state index contributed by atoms with van der Waals surface area (Å²) in [5, 5.41) is 2.45. The Bertz CT molecular complexity index is 798. The molecule has 0 aliphatic rings. The molecular formula is C22H34NO8P. The normalized spacial score (nSPS) is 11.7. The fraction of sp³-hybridized carbons (Fsp3) is 0.591. The molecule has 0 aliphatic carbocycles. The minimum absolute atomic E-state index is 0.0298. The molecule has 0 saturated carbocycles. The van der Waals surface area contributed by atoms with Crippen LogP contribution in [0.2, 0.25) is 0 Å². The molecule has 1 amide bonds. The van der Waals surface area contributed by atoms with Crippen LogP contribution >= 0.6 is 7.60 Å². The van der Waals surface area contributed by atoms with Gasteiger partial charge < -0.3 is 23.8 Å². The van der Waals surface area contributed by atoms with E-state index < -0.39 is 31.0 Å². The van der Waals surface area contributed by atoms with E-state index in [1.54, 1.807) is 52.0 Å². The van der Waals surface area contributed by atoms with Crippen molar-refractivity contribution < 1.29 is 37.5 Å². The molecule has 0 spiro atoms. The van der Waals surface area contributed by atoms with Crippen molar-refractivity contribution in [2.75, 3.05) is 26.4 Å². The van der Waals surface area contributed by atoms with Crippen molar-refractivity contribution in [1.29, 1.82) is 0 Å². The number of esters is 2. The van der Waals surface area contributed by atoms with Gasteiger partial charge in [-0.3, -0.25) is 9.36 Å². The predicted octanol–water partition coefficient (Wildman–Crippen LogP) is 3.39. The van der Waals surface area contributed by atoms with Gasteiger partial charge in [-0.05, 0) is 51.7 Å². The Morgan fingerprint density at radius 3 is 1.81 bits per heavy atom. The van der Waals surface area contributed by atoms with Gasteiger partial charge in [0.05, 0.1) is 32.6 Å². The van der Waals surface area contributed by atoms with E-state index in [9.17, 15) is 18.9 Å². The van der Waals surface area contributed by atoms with Crippen molar-refractivity contribution in [2.45, 2.75) is 59.2 Å². The van der Waals surface area contributed by atoms with Gasteiger partial charge in [0.25, 0.3) is 0 Å². The zero-order chi connectivity index (χ0) is 24.2. The number of carbonyl (C=O) groups is 3. The van der Waals surface area contributed by atoms with E-state index in [4.69, 9.17) is 18.5 Å². The van der Waals surface area contributed by atoms with Crippen LogP contribution in [0, 0.1) is 0 Å². The Morgan fingerprint density at radius 2 is 1.38 bits per heavy atom. The standard InChI is InChI=1S/C22H34NO8P/c1-6-28-20(25)22(23-17(5)24,21(26)29-7-2)15-14-18-12-10-11-13-19(18)16-32(27,30-8-3)31-9-4/h10-13H,6-9,14-16H2,1-5H3,(H,23,24). The van der Waals surface area contributed by atoms with Gasteiger partial charge in [-0.1, -0.05) is 24.3 Å². The van der Waals surface area contributed by atoms with E-state index in [0.717, 1.165) is 5.56 Å². The lowest BCUT2D eigenvalue weighted by Gasteiger charge is -2.30. The molecule has 9 nitrogen and oxygen atoms in total. The van der Waals surface area contributed by atoms with Crippen molar-refractivity contribution in [3.8, 4) is 0 Å². The number of ether oxygens (including phenoxy) is 2. The molecular weight excluding hydrogens is 437 g/mol. The highest BCUT2D eigenvalue weighted by Crippen LogP contribution is 2.51. The van der Waals surface area contributed by atoms with Gasteiger partial charge in [-0.25, -0.2) is 9.59 Å². The number of carbonyl (C=O) groups excluding carboxylic acids is 3. The summed E-state index contributed by atoms with van der Waals surface area (Å²) in [6.45, 7) is 8.42. The van der Waals surface area contributed by atoms with Crippen LogP contribution in [-0.4, -0.2) is 49.8 Å². The summed E-state index contributed by atoms with van der Waals surface area (Å²) in [6, 6.07) is 7.17. The van der Waals surface area contributed by atoms with Crippen LogP contribution in [0.15, 0.2) is 24.3 Å². The monoisotopic (exact) mass is 471 g/mol. The second-order valence-electron chi connectivity index (χ2n) is 6.90. The van der Waals surface area contributed by atoms with E-state index in [-0.39, 0.29) is 45.4 Å². The number of hydrogen-bond acceptors (Lipinski definition) is 8. The van der Waals surface area contributed by atoms with Crippen LogP contribution in [0.25, 0.3) is 0 Å². The Kier molecular flexibility index (Phi) is 11.6. The van der Waals surface area contributed by atoms with E-state index in [1.165, 1.54) is 6.92 Å². The van der Waals surface area contributed by atoms with Gasteiger partial charge in [0.1, 0.15) is 0 Å². The van der Waals surface area contributed by atoms with Gasteiger partial charge in [-0.15, -0.1) is 0 Å². The average molecular weight is 471 g/mol. The van der Waals surface area contributed by atoms with Gasteiger partial charge in [-0.2, -0.15) is 0 Å². The molecule has 0 unspecified atom stereocenters. The van der Waals surface area contributed by atoms with Gasteiger partial charge in [0.15, 0.2) is 0 Å². The van der Waals surface area contributed by atoms with E-state index in [0.29, 0.717) is 5.56 Å². The molecule has 0 atom stereocenters. The first-order valence-corrected chi connectivity index (χ1v) is 12.5. The molecule has 180 valence electrons. The van der Waals surface area contributed by atoms with Crippen LogP contribution in [0.3, 0.4) is 0 Å². The quantitative estimate of drug-likeness (QED) is 0.249. The Balaban J connectivity index is 3.30. The second kappa shape index (κ2) is 13.4. The lowest BCUT2D eigenvalue weighted by atomic mass is 9.89. The van der Waals surface area contributed by atoms with E-state index in [2.05, 4.69) is 5.32 Å². The van der Waals surface area contributed by atoms with Crippen molar-refractivity contribution in [3.05, 3.63) is 35.4 Å². The fourth-order valence-corrected chi connectivity index (χ4v) is 5.04. The Morgan fingerprint density at radius 1 is 0.875 bits per heavy atom. The number of amides is 1. The molecule has 1 aromatic rings. The summed E-state index contributed by atoms with van der Waals surface area (Å²) >= 11 is 0. The molecule has 0 radical (unpaired) electrons. The van der Waals surface area contributed by atoms with E-state index >= 15 is 0 Å². The van der Waals surface area contributed by atoms with Gasteiger partial charge in [0, 0.05) is 6.92 Å². The number of benzene rings is 1. The third kappa shape index (κ3) is 7.73. The van der Waals surface area contributed by atoms with Crippen LogP contribution in [-0.2, 0) is 50.1 Å². The maximum absolute atomic E-state index is 13.0. The molecule has 0 aromatic heterocycles. The average Bonchev–Trinajstić information content (AvgIpc) is 2.72. The van der Waals surface area contributed by atoms with E-state index in [1.807, 2.05) is 0 Å². The molecule has 1 aromatic carbocycles. The first-order valence-electron chi connectivity index (χ1n) is 10.8. The van der Waals surface area contributed by atoms with Gasteiger partial charge >= 0.3 is 19.5 Å². The molecule has 1 rings (SSSR count). The summed E-state index contributed by atoms with van der Waals surface area (Å²) in [4.78, 5) is 37.5. The van der Waals surface area contributed by atoms with Crippen LogP contribution < -0.4 is 5.32 Å². The summed E-state index contributed by atoms with van der Waals surface area (Å²) in [5.41, 5.74) is -0.563. The van der Waals surface area contributed by atoms with Crippen LogP contribution in [0.1, 0.15) is 52.2 Å². The van der Waals surface area contributed by atoms with Crippen molar-refractivity contribution in [1.82, 2.24) is 5.32 Å². The van der Waals surface area contributed by atoms with Crippen LogP contribution in [0.5, 0.6) is 0 Å². The lowest BCUT2D eigenvalue weighted by molar-refractivity contribution is -0.168. The lowest BCUT2D eigenvalue weighted by Crippen LogP contribution is -2.61. The maximum atomic E-state index is 13.0. The highest BCUT2D eigenvalue weighted by atomic mass is 31.2. The molecule has 0 bridgehead atoms. The topological polar surface area (TPSA) is 117 Å². The van der Waals surface area contributed by atoms with Crippen LogP contribution in [0.4, 0.5) is 0 Å². The zero-order valence-electron chi connectivity index (χ0n) is 19.5. The number of nitrogens with one attached hydrogen (secondary N) is 1. The Labute approximate surface area is 189 Å². The molecule has 0 aliphatic heterocycles. The Hall–Kier alpha value is -2.22. The first-order chi connectivity index (χ1) is 15.2. The summed E-state index contributed by atoms with van der Waals surface area (Å²) in [6.07, 6.45) is 0.137. The highest BCUT2D eigenvalue weighted by Gasteiger charge is 2.49. The second-order valence-corrected chi connectivity index (χ2v) is 8.96. The molecule has 10 heteroatoms. The summed E-state index contributed by atoms with van der Waals surface area (Å²) < 4.78 is 34.0. The predicted molar refractivity (Wildman–Crippen MR) is 119 cm³/mol. The summed E-state index contributed by atoms with van der Waals surface area (Å²) in [5.74, 6) is -2.35. The largest absolute Gasteiger partial charge is 0.464 e. The fourth-order valence-electron chi connectivity index (χ4n) is 3.27. The van der Waals surface area contributed by atoms with Crippen molar-refractivity contribution in [2.24, 2.45) is 0 Å². The maximum Gasteiger partial charge on any atom is 0.343 e. The minimum atomic E-state index is -3.37. The highest BCUT2D eigenvalue weighted by molar-refractivity contribution is 7.53. The first kappa shape index (κ1) is 27.8. The third-order valence-corrected chi connectivity index (χ3v) is 6.57. The minimum Gasteiger partial charge on any atom is -0.464 e. The SMILES string of the molecule is CCOC(=O)C(CCc1ccccc1CP(=O)(OCC)OCC)(NC(C)=O)C(=O)OCC. The molecule has 0 fully saturated rings. The van der Waals surface area contributed by atoms with Crippen molar-refractivity contribution >= 4 is 25.4 Å². The zero-order valence-corrected chi connectivity index (χ0v) is 20.4. The van der Waals surface area contributed by atoms with Crippen molar-refractivity contribution in [3.63, 3.8) is 0 Å².